The highest BCUT2D eigenvalue weighted by molar-refractivity contribution is 7.99. The van der Waals surface area contributed by atoms with Gasteiger partial charge >= 0.3 is 0 Å². The summed E-state index contributed by atoms with van der Waals surface area (Å²) in [4.78, 5) is 11.7. The molecule has 0 radical (unpaired) electrons. The predicted octanol–water partition coefficient (Wildman–Crippen LogP) is 3.30. The maximum Gasteiger partial charge on any atom is 0.234 e. The maximum atomic E-state index is 13.4. The quantitative estimate of drug-likeness (QED) is 0.919. The molecule has 0 aliphatic rings. The van der Waals surface area contributed by atoms with Crippen LogP contribution in [0.2, 0.25) is 0 Å². The summed E-state index contributed by atoms with van der Waals surface area (Å²) >= 11 is 1.44. The van der Waals surface area contributed by atoms with Gasteiger partial charge in [0.2, 0.25) is 5.91 Å². The fourth-order valence-corrected chi connectivity index (χ4v) is 2.68. The Morgan fingerprint density at radius 1 is 1.40 bits per heavy atom. The summed E-state index contributed by atoms with van der Waals surface area (Å²) in [6.07, 6.45) is 0. The van der Waals surface area contributed by atoms with Crippen molar-refractivity contribution >= 4 is 23.4 Å². The van der Waals surface area contributed by atoms with E-state index in [1.54, 1.807) is 12.1 Å². The third-order valence-electron chi connectivity index (χ3n) is 2.81. The maximum absolute atomic E-state index is 13.4. The van der Waals surface area contributed by atoms with Crippen LogP contribution in [-0.2, 0) is 10.5 Å². The Bertz CT molecular complexity index is 593. The molecule has 0 spiro atoms. The number of benzene rings is 1. The van der Waals surface area contributed by atoms with Crippen LogP contribution in [0.3, 0.4) is 0 Å². The number of carbonyl (C=O) groups excluding carboxylic acids is 1. The van der Waals surface area contributed by atoms with Gasteiger partial charge in [-0.15, -0.1) is 11.8 Å². The Kier molecular flexibility index (Phi) is 4.79. The average molecular weight is 294 g/mol. The standard InChI is InChI=1S/C14H15FN2O2S/c1-9-11(10(2)19-17-9)7-20-8-14(18)16-13-6-4-3-5-12(13)15/h3-6H,7-8H2,1-2H3,(H,16,18). The molecule has 1 heterocycles. The van der Waals surface area contributed by atoms with Crippen LogP contribution in [0.15, 0.2) is 28.8 Å². The second kappa shape index (κ2) is 6.56. The number of anilines is 1. The predicted molar refractivity (Wildman–Crippen MR) is 77.2 cm³/mol. The van der Waals surface area contributed by atoms with Crippen LogP contribution >= 0.6 is 11.8 Å². The summed E-state index contributed by atoms with van der Waals surface area (Å²) in [6.45, 7) is 3.71. The van der Waals surface area contributed by atoms with Crippen LogP contribution in [0.25, 0.3) is 0 Å². The van der Waals surface area contributed by atoms with Crippen molar-refractivity contribution in [2.75, 3.05) is 11.1 Å². The lowest BCUT2D eigenvalue weighted by molar-refractivity contribution is -0.113. The van der Waals surface area contributed by atoms with Gasteiger partial charge in [0.1, 0.15) is 11.6 Å². The van der Waals surface area contributed by atoms with E-state index < -0.39 is 5.82 Å². The molecule has 0 fully saturated rings. The Labute approximate surface area is 120 Å². The summed E-state index contributed by atoms with van der Waals surface area (Å²) in [7, 11) is 0. The highest BCUT2D eigenvalue weighted by Gasteiger charge is 2.11. The van der Waals surface area contributed by atoms with Crippen molar-refractivity contribution in [1.82, 2.24) is 5.16 Å². The summed E-state index contributed by atoms with van der Waals surface area (Å²) in [5, 5.41) is 6.40. The zero-order chi connectivity index (χ0) is 14.5. The van der Waals surface area contributed by atoms with E-state index in [4.69, 9.17) is 4.52 Å². The van der Waals surface area contributed by atoms with Crippen molar-refractivity contribution in [2.45, 2.75) is 19.6 Å². The number of aryl methyl sites for hydroxylation is 2. The van der Waals surface area contributed by atoms with Crippen LogP contribution in [0.5, 0.6) is 0 Å². The number of hydrogen-bond acceptors (Lipinski definition) is 4. The van der Waals surface area contributed by atoms with Gasteiger partial charge in [-0.2, -0.15) is 0 Å². The first-order valence-corrected chi connectivity index (χ1v) is 7.27. The number of hydrogen-bond donors (Lipinski definition) is 1. The highest BCUT2D eigenvalue weighted by atomic mass is 32.2. The van der Waals surface area contributed by atoms with Gasteiger partial charge in [-0.25, -0.2) is 4.39 Å². The lowest BCUT2D eigenvalue weighted by atomic mass is 10.2. The summed E-state index contributed by atoms with van der Waals surface area (Å²) in [5.74, 6) is 0.998. The average Bonchev–Trinajstić information content (AvgIpc) is 2.73. The fourth-order valence-electron chi connectivity index (χ4n) is 1.70. The molecule has 1 N–H and O–H groups in total. The van der Waals surface area contributed by atoms with Crippen molar-refractivity contribution in [1.29, 1.82) is 0 Å². The third kappa shape index (κ3) is 3.60. The molecular weight excluding hydrogens is 279 g/mol. The lowest BCUT2D eigenvalue weighted by Crippen LogP contribution is -2.15. The van der Waals surface area contributed by atoms with E-state index >= 15 is 0 Å². The van der Waals surface area contributed by atoms with Gasteiger partial charge in [0.15, 0.2) is 0 Å². The third-order valence-corrected chi connectivity index (χ3v) is 3.77. The molecule has 4 nitrogen and oxygen atoms in total. The number of carbonyl (C=O) groups is 1. The number of thioether (sulfide) groups is 1. The number of halogens is 1. The van der Waals surface area contributed by atoms with E-state index in [0.717, 1.165) is 17.0 Å². The number of amides is 1. The Morgan fingerprint density at radius 3 is 2.80 bits per heavy atom. The minimum absolute atomic E-state index is 0.204. The van der Waals surface area contributed by atoms with Crippen molar-refractivity contribution in [3.63, 3.8) is 0 Å². The zero-order valence-corrected chi connectivity index (χ0v) is 12.1. The van der Waals surface area contributed by atoms with Gasteiger partial charge in [0.05, 0.1) is 17.1 Å². The summed E-state index contributed by atoms with van der Waals surface area (Å²) in [5.41, 5.74) is 2.05. The van der Waals surface area contributed by atoms with E-state index in [2.05, 4.69) is 10.5 Å². The number of nitrogens with one attached hydrogen (secondary N) is 1. The van der Waals surface area contributed by atoms with Crippen LogP contribution in [0, 0.1) is 19.7 Å². The largest absolute Gasteiger partial charge is 0.361 e. The molecule has 0 unspecified atom stereocenters. The van der Waals surface area contributed by atoms with Gasteiger partial charge in [-0.1, -0.05) is 17.3 Å². The van der Waals surface area contributed by atoms with E-state index in [-0.39, 0.29) is 17.3 Å². The van der Waals surface area contributed by atoms with Crippen molar-refractivity contribution in [2.24, 2.45) is 0 Å². The van der Waals surface area contributed by atoms with Gasteiger partial charge in [-0.05, 0) is 26.0 Å². The van der Waals surface area contributed by atoms with E-state index in [0.29, 0.717) is 5.75 Å². The van der Waals surface area contributed by atoms with E-state index in [1.165, 1.54) is 23.9 Å². The fraction of sp³-hybridized carbons (Fsp3) is 0.286. The van der Waals surface area contributed by atoms with Gasteiger partial charge in [0.25, 0.3) is 0 Å². The highest BCUT2D eigenvalue weighted by Crippen LogP contribution is 2.20. The van der Waals surface area contributed by atoms with Crippen molar-refractivity contribution < 1.29 is 13.7 Å². The molecule has 0 aliphatic carbocycles. The molecule has 106 valence electrons. The first-order valence-electron chi connectivity index (χ1n) is 6.12. The van der Waals surface area contributed by atoms with Crippen molar-refractivity contribution in [3.8, 4) is 0 Å². The van der Waals surface area contributed by atoms with Gasteiger partial charge < -0.3 is 9.84 Å². The van der Waals surface area contributed by atoms with Crippen molar-refractivity contribution in [3.05, 3.63) is 47.1 Å². The SMILES string of the molecule is Cc1noc(C)c1CSCC(=O)Nc1ccccc1F. The lowest BCUT2D eigenvalue weighted by Gasteiger charge is -2.06. The molecule has 2 rings (SSSR count). The second-order valence-electron chi connectivity index (χ2n) is 4.32. The molecule has 1 aromatic carbocycles. The Hall–Kier alpha value is -1.82. The molecule has 0 saturated carbocycles. The molecule has 0 bridgehead atoms. The van der Waals surface area contributed by atoms with E-state index in [1.807, 2.05) is 13.8 Å². The molecule has 1 aromatic heterocycles. The number of para-hydroxylation sites is 1. The molecule has 1 amide bonds. The monoisotopic (exact) mass is 294 g/mol. The van der Waals surface area contributed by atoms with E-state index in [9.17, 15) is 9.18 Å². The molecule has 20 heavy (non-hydrogen) atoms. The molecule has 0 atom stereocenters. The summed E-state index contributed by atoms with van der Waals surface area (Å²) < 4.78 is 18.4. The molecule has 2 aromatic rings. The summed E-state index contributed by atoms with van der Waals surface area (Å²) in [6, 6.07) is 6.10. The zero-order valence-electron chi connectivity index (χ0n) is 11.3. The molecule has 0 saturated heterocycles. The minimum Gasteiger partial charge on any atom is -0.361 e. The topological polar surface area (TPSA) is 55.1 Å². The first-order chi connectivity index (χ1) is 9.58. The number of rotatable bonds is 5. The van der Waals surface area contributed by atoms with Crippen LogP contribution in [-0.4, -0.2) is 16.8 Å². The number of aromatic nitrogens is 1. The minimum atomic E-state index is -0.434. The van der Waals surface area contributed by atoms with Crippen LogP contribution in [0.1, 0.15) is 17.0 Å². The first kappa shape index (κ1) is 14.6. The molecular formula is C14H15FN2O2S. The number of nitrogens with zero attached hydrogens (tertiary/aromatic N) is 1. The normalized spacial score (nSPS) is 10.6. The van der Waals surface area contributed by atoms with Crippen LogP contribution in [0.4, 0.5) is 10.1 Å². The van der Waals surface area contributed by atoms with Gasteiger partial charge in [0, 0.05) is 11.3 Å². The second-order valence-corrected chi connectivity index (χ2v) is 5.31. The Balaban J connectivity index is 1.83. The molecule has 0 aliphatic heterocycles. The molecule has 6 heteroatoms. The van der Waals surface area contributed by atoms with Gasteiger partial charge in [-0.3, -0.25) is 4.79 Å². The van der Waals surface area contributed by atoms with Crippen LogP contribution < -0.4 is 5.32 Å². The Morgan fingerprint density at radius 2 is 2.15 bits per heavy atom. The smallest absolute Gasteiger partial charge is 0.234 e.